The normalized spacial score (nSPS) is 15.5. The van der Waals surface area contributed by atoms with Crippen LogP contribution >= 0.6 is 23.4 Å². The van der Waals surface area contributed by atoms with E-state index in [2.05, 4.69) is 0 Å². The van der Waals surface area contributed by atoms with Gasteiger partial charge < -0.3 is 14.2 Å². The number of rotatable bonds is 7. The molecular formula is C17H18ClNO6S. The van der Waals surface area contributed by atoms with Crippen molar-refractivity contribution < 1.29 is 28.6 Å². The number of hydrogen-bond acceptors (Lipinski definition) is 7. The Morgan fingerprint density at radius 1 is 1.23 bits per heavy atom. The number of imide groups is 1. The number of hydrogen-bond donors (Lipinski definition) is 0. The number of benzene rings is 1. The third-order valence-corrected chi connectivity index (χ3v) is 4.57. The summed E-state index contributed by atoms with van der Waals surface area (Å²) in [5.74, 6) is -0.283. The zero-order valence-electron chi connectivity index (χ0n) is 14.5. The molecule has 0 atom stereocenters. The minimum atomic E-state index is -0.642. The Morgan fingerprint density at radius 3 is 2.58 bits per heavy atom. The minimum Gasteiger partial charge on any atom is -0.493 e. The SMILES string of the molecule is CCOC(=O)CN1C(=O)S/C(=C/c2cc(OC)c(OCC)cc2Cl)C1=O. The molecule has 7 nitrogen and oxygen atoms in total. The third kappa shape index (κ3) is 4.50. The number of halogens is 1. The molecule has 1 aliphatic heterocycles. The summed E-state index contributed by atoms with van der Waals surface area (Å²) in [5.41, 5.74) is 0.494. The number of nitrogens with zero attached hydrogens (tertiary/aromatic N) is 1. The fourth-order valence-electron chi connectivity index (χ4n) is 2.20. The first-order valence-electron chi connectivity index (χ1n) is 7.82. The van der Waals surface area contributed by atoms with E-state index in [1.165, 1.54) is 13.2 Å². The Labute approximate surface area is 160 Å². The van der Waals surface area contributed by atoms with Crippen LogP contribution in [-0.2, 0) is 14.3 Å². The Balaban J connectivity index is 2.28. The van der Waals surface area contributed by atoms with Gasteiger partial charge in [-0.2, -0.15) is 0 Å². The van der Waals surface area contributed by atoms with Crippen LogP contribution in [0.3, 0.4) is 0 Å². The van der Waals surface area contributed by atoms with E-state index in [0.717, 1.165) is 16.7 Å². The van der Waals surface area contributed by atoms with E-state index in [9.17, 15) is 14.4 Å². The number of amides is 2. The van der Waals surface area contributed by atoms with Gasteiger partial charge in [-0.3, -0.25) is 19.3 Å². The van der Waals surface area contributed by atoms with E-state index >= 15 is 0 Å². The van der Waals surface area contributed by atoms with Crippen LogP contribution in [0.5, 0.6) is 11.5 Å². The van der Waals surface area contributed by atoms with E-state index < -0.39 is 23.7 Å². The molecule has 2 rings (SSSR count). The van der Waals surface area contributed by atoms with Crippen LogP contribution in [0.1, 0.15) is 19.4 Å². The maximum Gasteiger partial charge on any atom is 0.326 e. The van der Waals surface area contributed by atoms with Gasteiger partial charge in [0.2, 0.25) is 0 Å². The Morgan fingerprint density at radius 2 is 1.96 bits per heavy atom. The molecule has 0 aliphatic carbocycles. The summed E-state index contributed by atoms with van der Waals surface area (Å²) in [6.07, 6.45) is 1.48. The zero-order valence-corrected chi connectivity index (χ0v) is 16.1. The molecule has 1 aromatic rings. The molecule has 0 unspecified atom stereocenters. The average Bonchev–Trinajstić information content (AvgIpc) is 2.85. The fourth-order valence-corrected chi connectivity index (χ4v) is 3.24. The van der Waals surface area contributed by atoms with Crippen LogP contribution in [0.25, 0.3) is 6.08 Å². The molecule has 2 amide bonds. The van der Waals surface area contributed by atoms with Crippen LogP contribution in [0.15, 0.2) is 17.0 Å². The molecule has 0 saturated carbocycles. The van der Waals surface area contributed by atoms with Gasteiger partial charge >= 0.3 is 5.97 Å². The lowest BCUT2D eigenvalue weighted by Gasteiger charge is -2.12. The first-order valence-corrected chi connectivity index (χ1v) is 9.02. The number of thioether (sulfide) groups is 1. The van der Waals surface area contributed by atoms with Crippen molar-refractivity contribution in [3.63, 3.8) is 0 Å². The topological polar surface area (TPSA) is 82.1 Å². The number of carbonyl (C=O) groups is 3. The second-order valence-corrected chi connectivity index (χ2v) is 6.43. The average molecular weight is 400 g/mol. The second-order valence-electron chi connectivity index (χ2n) is 5.03. The van der Waals surface area contributed by atoms with E-state index in [1.807, 2.05) is 6.92 Å². The quantitative estimate of drug-likeness (QED) is 0.513. The second kappa shape index (κ2) is 8.95. The van der Waals surface area contributed by atoms with E-state index in [1.54, 1.807) is 19.1 Å². The predicted octanol–water partition coefficient (Wildman–Crippen LogP) is 3.35. The molecule has 0 radical (unpaired) electrons. The van der Waals surface area contributed by atoms with Crippen molar-refractivity contribution in [2.24, 2.45) is 0 Å². The Hall–Kier alpha value is -2.19. The molecule has 0 bridgehead atoms. The van der Waals surface area contributed by atoms with Crippen molar-refractivity contribution in [2.75, 3.05) is 26.9 Å². The summed E-state index contributed by atoms with van der Waals surface area (Å²) in [7, 11) is 1.49. The van der Waals surface area contributed by atoms with Crippen molar-refractivity contribution in [1.29, 1.82) is 0 Å². The summed E-state index contributed by atoms with van der Waals surface area (Å²) in [5, 5.41) is -0.199. The van der Waals surface area contributed by atoms with Crippen molar-refractivity contribution >= 4 is 46.6 Å². The summed E-state index contributed by atoms with van der Waals surface area (Å²) < 4.78 is 15.5. The molecule has 1 fully saturated rings. The molecule has 1 saturated heterocycles. The van der Waals surface area contributed by atoms with Gasteiger partial charge in [0.1, 0.15) is 6.54 Å². The largest absolute Gasteiger partial charge is 0.493 e. The van der Waals surface area contributed by atoms with Crippen molar-refractivity contribution in [3.8, 4) is 11.5 Å². The molecule has 0 aromatic heterocycles. The molecule has 0 spiro atoms. The van der Waals surface area contributed by atoms with E-state index in [0.29, 0.717) is 28.7 Å². The molecule has 1 aliphatic rings. The van der Waals surface area contributed by atoms with E-state index in [4.69, 9.17) is 25.8 Å². The molecule has 140 valence electrons. The molecule has 1 heterocycles. The standard InChI is InChI=1S/C17H18ClNO6S/c1-4-24-13-8-11(18)10(6-12(13)23-3)7-14-16(21)19(17(22)26-14)9-15(20)25-5-2/h6-8H,4-5,9H2,1-3H3/b14-7+. The van der Waals surface area contributed by atoms with Crippen LogP contribution < -0.4 is 9.47 Å². The van der Waals surface area contributed by atoms with E-state index in [-0.39, 0.29) is 11.5 Å². The Kier molecular flexibility index (Phi) is 6.93. The van der Waals surface area contributed by atoms with Crippen LogP contribution in [-0.4, -0.2) is 48.9 Å². The lowest BCUT2D eigenvalue weighted by Crippen LogP contribution is -2.34. The van der Waals surface area contributed by atoms with Crippen molar-refractivity contribution in [1.82, 2.24) is 4.90 Å². The van der Waals surface area contributed by atoms with Crippen LogP contribution in [0.2, 0.25) is 5.02 Å². The maximum atomic E-state index is 12.4. The predicted molar refractivity (Wildman–Crippen MR) is 98.5 cm³/mol. The van der Waals surface area contributed by atoms with Gasteiger partial charge in [-0.05, 0) is 43.3 Å². The highest BCUT2D eigenvalue weighted by molar-refractivity contribution is 8.18. The summed E-state index contributed by atoms with van der Waals surface area (Å²) in [6.45, 7) is 3.68. The lowest BCUT2D eigenvalue weighted by molar-refractivity contribution is -0.145. The van der Waals surface area contributed by atoms with Gasteiger partial charge in [-0.25, -0.2) is 0 Å². The highest BCUT2D eigenvalue weighted by atomic mass is 35.5. The molecule has 1 aromatic carbocycles. The molecule has 26 heavy (non-hydrogen) atoms. The van der Waals surface area contributed by atoms with Gasteiger partial charge in [0.05, 0.1) is 30.3 Å². The lowest BCUT2D eigenvalue weighted by atomic mass is 10.1. The molecule has 9 heteroatoms. The minimum absolute atomic E-state index is 0.160. The first kappa shape index (κ1) is 20.1. The molecule has 0 N–H and O–H groups in total. The first-order chi connectivity index (χ1) is 12.4. The number of esters is 1. The number of carbonyl (C=O) groups excluding carboxylic acids is 3. The highest BCUT2D eigenvalue weighted by Gasteiger charge is 2.36. The highest BCUT2D eigenvalue weighted by Crippen LogP contribution is 2.37. The van der Waals surface area contributed by atoms with Crippen LogP contribution in [0, 0.1) is 0 Å². The number of ether oxygens (including phenoxy) is 3. The van der Waals surface area contributed by atoms with Gasteiger partial charge in [-0.15, -0.1) is 0 Å². The zero-order chi connectivity index (χ0) is 19.3. The summed E-state index contributed by atoms with van der Waals surface area (Å²) in [6, 6.07) is 3.20. The van der Waals surface area contributed by atoms with Gasteiger partial charge in [-0.1, -0.05) is 11.6 Å². The smallest absolute Gasteiger partial charge is 0.326 e. The van der Waals surface area contributed by atoms with Crippen molar-refractivity contribution in [2.45, 2.75) is 13.8 Å². The number of methoxy groups -OCH3 is 1. The maximum absolute atomic E-state index is 12.4. The summed E-state index contributed by atoms with van der Waals surface area (Å²) >= 11 is 6.98. The van der Waals surface area contributed by atoms with Gasteiger partial charge in [0, 0.05) is 6.07 Å². The fraction of sp³-hybridized carbons (Fsp3) is 0.353. The van der Waals surface area contributed by atoms with Crippen LogP contribution in [0.4, 0.5) is 4.79 Å². The Bertz CT molecular complexity index is 764. The van der Waals surface area contributed by atoms with Gasteiger partial charge in [0.25, 0.3) is 11.1 Å². The molecular weight excluding hydrogens is 382 g/mol. The monoisotopic (exact) mass is 399 g/mol. The van der Waals surface area contributed by atoms with Crippen molar-refractivity contribution in [3.05, 3.63) is 27.6 Å². The third-order valence-electron chi connectivity index (χ3n) is 3.34. The van der Waals surface area contributed by atoms with Gasteiger partial charge in [0.15, 0.2) is 11.5 Å². The summed E-state index contributed by atoms with van der Waals surface area (Å²) in [4.78, 5) is 37.0.